The van der Waals surface area contributed by atoms with E-state index in [-0.39, 0.29) is 21.7 Å². The Kier molecular flexibility index (Phi) is 5.07. The summed E-state index contributed by atoms with van der Waals surface area (Å²) in [6.07, 6.45) is 3.72. The van der Waals surface area contributed by atoms with Gasteiger partial charge in [0.15, 0.2) is 11.5 Å². The van der Waals surface area contributed by atoms with Gasteiger partial charge in [-0.1, -0.05) is 18.9 Å². The molecule has 28 heavy (non-hydrogen) atoms. The first-order valence-corrected chi connectivity index (χ1v) is 11.5. The SMILES string of the molecule is O=C(O)c1sccc1S(=O)(=O)NCC1(c2ccc3c(c2)OCCO3)CCCC1. The van der Waals surface area contributed by atoms with Gasteiger partial charge in [0.1, 0.15) is 23.0 Å². The largest absolute Gasteiger partial charge is 0.486 e. The highest BCUT2D eigenvalue weighted by atomic mass is 32.2. The van der Waals surface area contributed by atoms with E-state index in [0.717, 1.165) is 42.6 Å². The van der Waals surface area contributed by atoms with E-state index in [9.17, 15) is 18.3 Å². The van der Waals surface area contributed by atoms with Gasteiger partial charge in [-0.25, -0.2) is 17.9 Å². The number of carboxylic acids is 1. The van der Waals surface area contributed by atoms with Crippen molar-refractivity contribution in [3.05, 3.63) is 40.1 Å². The van der Waals surface area contributed by atoms with Crippen molar-refractivity contribution >= 4 is 27.3 Å². The van der Waals surface area contributed by atoms with Gasteiger partial charge in [0, 0.05) is 12.0 Å². The van der Waals surface area contributed by atoms with Crippen LogP contribution in [0.25, 0.3) is 0 Å². The van der Waals surface area contributed by atoms with E-state index >= 15 is 0 Å². The molecule has 7 nitrogen and oxygen atoms in total. The fraction of sp³-hybridized carbons (Fsp3) is 0.421. The highest BCUT2D eigenvalue weighted by molar-refractivity contribution is 7.89. The second-order valence-corrected chi connectivity index (χ2v) is 9.74. The Balaban J connectivity index is 1.61. The molecule has 2 aromatic rings. The Morgan fingerprint density at radius 2 is 1.86 bits per heavy atom. The summed E-state index contributed by atoms with van der Waals surface area (Å²) in [5.74, 6) is 0.148. The van der Waals surface area contributed by atoms with Crippen LogP contribution in [0, 0.1) is 0 Å². The minimum absolute atomic E-state index is 0.174. The van der Waals surface area contributed by atoms with Crippen LogP contribution in [0.15, 0.2) is 34.5 Å². The van der Waals surface area contributed by atoms with Gasteiger partial charge < -0.3 is 14.6 Å². The number of ether oxygens (including phenoxy) is 2. The summed E-state index contributed by atoms with van der Waals surface area (Å²) in [4.78, 5) is 10.9. The summed E-state index contributed by atoms with van der Waals surface area (Å²) in [5.41, 5.74) is 0.670. The molecule has 1 fully saturated rings. The average molecular weight is 424 g/mol. The zero-order valence-corrected chi connectivity index (χ0v) is 16.8. The molecule has 4 rings (SSSR count). The van der Waals surface area contributed by atoms with E-state index in [0.29, 0.717) is 24.7 Å². The van der Waals surface area contributed by atoms with Crippen LogP contribution >= 0.6 is 11.3 Å². The van der Waals surface area contributed by atoms with Crippen LogP contribution in [-0.2, 0) is 15.4 Å². The first-order chi connectivity index (χ1) is 13.4. The molecule has 0 bridgehead atoms. The van der Waals surface area contributed by atoms with Gasteiger partial charge in [0.05, 0.1) is 0 Å². The molecule has 2 N–H and O–H groups in total. The van der Waals surface area contributed by atoms with Crippen LogP contribution in [-0.4, -0.2) is 39.3 Å². The maximum absolute atomic E-state index is 12.8. The second-order valence-electron chi connectivity index (χ2n) is 7.09. The summed E-state index contributed by atoms with van der Waals surface area (Å²) in [6.45, 7) is 1.22. The average Bonchev–Trinajstić information content (AvgIpc) is 3.37. The summed E-state index contributed by atoms with van der Waals surface area (Å²) >= 11 is 0.904. The van der Waals surface area contributed by atoms with E-state index in [2.05, 4.69) is 4.72 Å². The molecule has 150 valence electrons. The highest BCUT2D eigenvalue weighted by Crippen LogP contribution is 2.44. The van der Waals surface area contributed by atoms with Gasteiger partial charge in [-0.15, -0.1) is 11.3 Å². The third-order valence-electron chi connectivity index (χ3n) is 5.43. The van der Waals surface area contributed by atoms with E-state index in [1.165, 1.54) is 11.4 Å². The van der Waals surface area contributed by atoms with Crippen LogP contribution < -0.4 is 14.2 Å². The number of hydrogen-bond acceptors (Lipinski definition) is 6. The number of thiophene rings is 1. The first kappa shape index (κ1) is 19.2. The molecule has 0 spiro atoms. The Bertz CT molecular complexity index is 992. The summed E-state index contributed by atoms with van der Waals surface area (Å²) in [6, 6.07) is 7.13. The molecule has 1 aliphatic carbocycles. The molecule has 1 aromatic carbocycles. The zero-order valence-electron chi connectivity index (χ0n) is 15.1. The van der Waals surface area contributed by atoms with Gasteiger partial charge in [-0.2, -0.15) is 0 Å². The van der Waals surface area contributed by atoms with Gasteiger partial charge in [-0.3, -0.25) is 0 Å². The number of carboxylic acid groups (broad SMARTS) is 1. The molecule has 0 atom stereocenters. The van der Waals surface area contributed by atoms with Crippen LogP contribution in [0.3, 0.4) is 0 Å². The highest BCUT2D eigenvalue weighted by Gasteiger charge is 2.38. The molecule has 2 heterocycles. The van der Waals surface area contributed by atoms with Crippen molar-refractivity contribution in [2.75, 3.05) is 19.8 Å². The Hall–Kier alpha value is -2.10. The lowest BCUT2D eigenvalue weighted by Gasteiger charge is -2.31. The van der Waals surface area contributed by atoms with E-state index in [1.54, 1.807) is 0 Å². The van der Waals surface area contributed by atoms with Gasteiger partial charge in [0.25, 0.3) is 0 Å². The number of sulfonamides is 1. The van der Waals surface area contributed by atoms with E-state index in [4.69, 9.17) is 9.47 Å². The first-order valence-electron chi connectivity index (χ1n) is 9.12. The molecule has 0 radical (unpaired) electrons. The standard InChI is InChI=1S/C19H21NO6S2/c21-18(22)17-16(5-10-27-17)28(23,24)20-12-19(6-1-2-7-19)13-3-4-14-15(11-13)26-9-8-25-14/h3-5,10-11,20H,1-2,6-9,12H2,(H,21,22). The molecule has 1 aliphatic heterocycles. The number of benzene rings is 1. The predicted octanol–water partition coefficient (Wildman–Crippen LogP) is 3.01. The van der Waals surface area contributed by atoms with Crippen molar-refractivity contribution in [1.29, 1.82) is 0 Å². The molecule has 0 amide bonds. The van der Waals surface area contributed by atoms with Crippen molar-refractivity contribution in [1.82, 2.24) is 4.72 Å². The molecule has 1 aromatic heterocycles. The lowest BCUT2D eigenvalue weighted by Crippen LogP contribution is -2.39. The topological polar surface area (TPSA) is 102 Å². The number of hydrogen-bond donors (Lipinski definition) is 2. The van der Waals surface area contributed by atoms with E-state index < -0.39 is 16.0 Å². The quantitative estimate of drug-likeness (QED) is 0.741. The van der Waals surface area contributed by atoms with Crippen LogP contribution in [0.1, 0.15) is 40.9 Å². The predicted molar refractivity (Wildman–Crippen MR) is 104 cm³/mol. The van der Waals surface area contributed by atoms with E-state index in [1.807, 2.05) is 18.2 Å². The number of aromatic carboxylic acids is 1. The van der Waals surface area contributed by atoms with Gasteiger partial charge in [0.2, 0.25) is 10.0 Å². The molecular weight excluding hydrogens is 402 g/mol. The molecule has 1 saturated carbocycles. The molecule has 0 saturated heterocycles. The molecule has 2 aliphatic rings. The van der Waals surface area contributed by atoms with Crippen molar-refractivity contribution in [2.24, 2.45) is 0 Å². The molecular formula is C19H21NO6S2. The second kappa shape index (κ2) is 7.38. The minimum atomic E-state index is -3.92. The Morgan fingerprint density at radius 1 is 1.14 bits per heavy atom. The third kappa shape index (κ3) is 3.49. The summed E-state index contributed by atoms with van der Waals surface area (Å²) < 4.78 is 39.5. The Morgan fingerprint density at radius 3 is 2.57 bits per heavy atom. The van der Waals surface area contributed by atoms with Crippen molar-refractivity contribution < 1.29 is 27.8 Å². The van der Waals surface area contributed by atoms with Gasteiger partial charge >= 0.3 is 5.97 Å². The summed E-state index contributed by atoms with van der Waals surface area (Å²) in [5, 5.41) is 10.7. The lowest BCUT2D eigenvalue weighted by molar-refractivity contribution is 0.0698. The van der Waals surface area contributed by atoms with Crippen molar-refractivity contribution in [2.45, 2.75) is 36.0 Å². The number of fused-ring (bicyclic) bond motifs is 1. The number of rotatable bonds is 6. The number of carbonyl (C=O) groups is 1. The number of nitrogens with one attached hydrogen (secondary N) is 1. The fourth-order valence-corrected chi connectivity index (χ4v) is 6.35. The monoisotopic (exact) mass is 423 g/mol. The summed E-state index contributed by atoms with van der Waals surface area (Å²) in [7, 11) is -3.92. The molecule has 9 heteroatoms. The maximum Gasteiger partial charge on any atom is 0.347 e. The van der Waals surface area contributed by atoms with Gasteiger partial charge in [-0.05, 0) is 42.0 Å². The minimum Gasteiger partial charge on any atom is -0.486 e. The van der Waals surface area contributed by atoms with Crippen LogP contribution in [0.2, 0.25) is 0 Å². The third-order valence-corrected chi connectivity index (χ3v) is 7.90. The molecule has 0 unspecified atom stereocenters. The zero-order chi connectivity index (χ0) is 19.8. The van der Waals surface area contributed by atoms with Crippen molar-refractivity contribution in [3.63, 3.8) is 0 Å². The fourth-order valence-electron chi connectivity index (χ4n) is 3.97. The normalized spacial score (nSPS) is 18.1. The van der Waals surface area contributed by atoms with Crippen LogP contribution in [0.4, 0.5) is 0 Å². The lowest BCUT2D eigenvalue weighted by atomic mass is 9.79. The maximum atomic E-state index is 12.8. The van der Waals surface area contributed by atoms with Crippen molar-refractivity contribution in [3.8, 4) is 11.5 Å². The van der Waals surface area contributed by atoms with Crippen LogP contribution in [0.5, 0.6) is 11.5 Å². The Labute approximate surface area is 167 Å². The smallest absolute Gasteiger partial charge is 0.347 e.